The fourth-order valence-corrected chi connectivity index (χ4v) is 2.73. The van der Waals surface area contributed by atoms with Crippen LogP contribution in [-0.2, 0) is 17.8 Å². The molecule has 0 amide bonds. The Morgan fingerprint density at radius 2 is 2.15 bits per heavy atom. The average molecular weight is 293 g/mol. The first kappa shape index (κ1) is 14.7. The van der Waals surface area contributed by atoms with Crippen LogP contribution in [0.25, 0.3) is 0 Å². The third-order valence-corrected chi connectivity index (χ3v) is 4.04. The highest BCUT2D eigenvalue weighted by atomic mass is 32.1. The molecule has 1 aromatic heterocycles. The highest BCUT2D eigenvalue weighted by Gasteiger charge is 2.12. The van der Waals surface area contributed by atoms with Crippen LogP contribution in [0.4, 0.5) is 4.39 Å². The number of aryl methyl sites for hydroxylation is 1. The second-order valence-corrected chi connectivity index (χ2v) is 5.44. The van der Waals surface area contributed by atoms with Crippen LogP contribution < -0.4 is 5.32 Å². The van der Waals surface area contributed by atoms with Crippen LogP contribution in [0.15, 0.2) is 29.6 Å². The number of hydrogen-bond donors (Lipinski definition) is 1. The molecular formula is C15H16FNO2S. The van der Waals surface area contributed by atoms with Gasteiger partial charge in [-0.25, -0.2) is 9.18 Å². The fourth-order valence-electron chi connectivity index (χ4n) is 1.85. The van der Waals surface area contributed by atoms with E-state index >= 15 is 0 Å². The molecule has 0 saturated carbocycles. The average Bonchev–Trinajstić information content (AvgIpc) is 2.84. The lowest BCUT2D eigenvalue weighted by molar-refractivity contribution is 0.0595. The predicted molar refractivity (Wildman–Crippen MR) is 77.3 cm³/mol. The Balaban J connectivity index is 1.95. The van der Waals surface area contributed by atoms with Crippen molar-refractivity contribution < 1.29 is 13.9 Å². The Morgan fingerprint density at radius 3 is 2.75 bits per heavy atom. The quantitative estimate of drug-likeness (QED) is 0.860. The summed E-state index contributed by atoms with van der Waals surface area (Å²) >= 11 is 1.70. The first-order chi connectivity index (χ1) is 9.61. The molecule has 0 aliphatic carbocycles. The number of methoxy groups -OCH3 is 1. The molecule has 0 radical (unpaired) electrons. The third kappa shape index (κ3) is 3.43. The van der Waals surface area contributed by atoms with Crippen LogP contribution in [-0.4, -0.2) is 13.1 Å². The Hall–Kier alpha value is -1.72. The van der Waals surface area contributed by atoms with E-state index in [9.17, 15) is 9.18 Å². The Labute approximate surface area is 121 Å². The summed E-state index contributed by atoms with van der Waals surface area (Å²) in [6, 6.07) is 6.62. The smallest absolute Gasteiger partial charge is 0.340 e. The summed E-state index contributed by atoms with van der Waals surface area (Å²) < 4.78 is 18.2. The second-order valence-electron chi connectivity index (χ2n) is 4.44. The van der Waals surface area contributed by atoms with E-state index in [1.54, 1.807) is 17.4 Å². The number of thiophene rings is 1. The van der Waals surface area contributed by atoms with Gasteiger partial charge in [0.15, 0.2) is 0 Å². The Kier molecular flexibility index (Phi) is 4.87. The van der Waals surface area contributed by atoms with Gasteiger partial charge in [0.05, 0.1) is 12.7 Å². The topological polar surface area (TPSA) is 38.3 Å². The van der Waals surface area contributed by atoms with Crippen molar-refractivity contribution in [3.63, 3.8) is 0 Å². The largest absolute Gasteiger partial charge is 0.465 e. The number of halogens is 1. The molecule has 0 saturated heterocycles. The van der Waals surface area contributed by atoms with Crippen molar-refractivity contribution in [3.8, 4) is 0 Å². The first-order valence-electron chi connectivity index (χ1n) is 6.22. The molecule has 20 heavy (non-hydrogen) atoms. The van der Waals surface area contributed by atoms with Gasteiger partial charge in [-0.1, -0.05) is 6.07 Å². The summed E-state index contributed by atoms with van der Waals surface area (Å²) in [5.74, 6) is -1.21. The number of hydrogen-bond acceptors (Lipinski definition) is 4. The minimum atomic E-state index is -0.656. The molecule has 2 rings (SSSR count). The molecule has 2 aromatic rings. The SMILES string of the molecule is COC(=O)c1ccc(CNCc2sccc2C)cc1F. The van der Waals surface area contributed by atoms with E-state index < -0.39 is 11.8 Å². The minimum absolute atomic E-state index is 0.0367. The van der Waals surface area contributed by atoms with Gasteiger partial charge in [0, 0.05) is 18.0 Å². The van der Waals surface area contributed by atoms with Gasteiger partial charge in [-0.2, -0.15) is 0 Å². The van der Waals surface area contributed by atoms with Gasteiger partial charge in [-0.05, 0) is 41.6 Å². The van der Waals surface area contributed by atoms with Crippen molar-refractivity contribution in [1.29, 1.82) is 0 Å². The van der Waals surface area contributed by atoms with Crippen molar-refractivity contribution in [2.45, 2.75) is 20.0 Å². The number of esters is 1. The summed E-state index contributed by atoms with van der Waals surface area (Å²) in [7, 11) is 1.24. The zero-order valence-corrected chi connectivity index (χ0v) is 12.2. The van der Waals surface area contributed by atoms with Gasteiger partial charge < -0.3 is 10.1 Å². The minimum Gasteiger partial charge on any atom is -0.465 e. The molecule has 1 N–H and O–H groups in total. The van der Waals surface area contributed by atoms with Crippen molar-refractivity contribution in [2.75, 3.05) is 7.11 Å². The van der Waals surface area contributed by atoms with Crippen LogP contribution in [0.1, 0.15) is 26.4 Å². The van der Waals surface area contributed by atoms with E-state index in [2.05, 4.69) is 28.4 Å². The Morgan fingerprint density at radius 1 is 1.35 bits per heavy atom. The summed E-state index contributed by atoms with van der Waals surface area (Å²) in [6.45, 7) is 3.37. The van der Waals surface area contributed by atoms with Crippen LogP contribution >= 0.6 is 11.3 Å². The molecule has 0 bridgehead atoms. The maximum absolute atomic E-state index is 13.7. The molecule has 0 unspecified atom stereocenters. The van der Waals surface area contributed by atoms with Crippen molar-refractivity contribution in [3.05, 3.63) is 57.0 Å². The van der Waals surface area contributed by atoms with E-state index in [1.165, 1.54) is 29.7 Å². The number of benzene rings is 1. The van der Waals surface area contributed by atoms with Gasteiger partial charge in [0.25, 0.3) is 0 Å². The molecule has 3 nitrogen and oxygen atoms in total. The van der Waals surface area contributed by atoms with Gasteiger partial charge in [-0.15, -0.1) is 11.3 Å². The van der Waals surface area contributed by atoms with Crippen molar-refractivity contribution >= 4 is 17.3 Å². The lowest BCUT2D eigenvalue weighted by Gasteiger charge is -2.07. The standard InChI is InChI=1S/C15H16FNO2S/c1-10-5-6-20-14(10)9-17-8-11-3-4-12(13(16)7-11)15(18)19-2/h3-7,17H,8-9H2,1-2H3. The monoisotopic (exact) mass is 293 g/mol. The van der Waals surface area contributed by atoms with E-state index in [0.717, 1.165) is 12.1 Å². The molecule has 106 valence electrons. The number of carbonyl (C=O) groups excluding carboxylic acids is 1. The predicted octanol–water partition coefficient (Wildman–Crippen LogP) is 3.27. The normalized spacial score (nSPS) is 10.6. The fraction of sp³-hybridized carbons (Fsp3) is 0.267. The number of carbonyl (C=O) groups is 1. The van der Waals surface area contributed by atoms with E-state index in [-0.39, 0.29) is 5.56 Å². The van der Waals surface area contributed by atoms with E-state index in [4.69, 9.17) is 0 Å². The molecule has 5 heteroatoms. The van der Waals surface area contributed by atoms with Gasteiger partial charge in [-0.3, -0.25) is 0 Å². The lowest BCUT2D eigenvalue weighted by atomic mass is 10.1. The van der Waals surface area contributed by atoms with Gasteiger partial charge >= 0.3 is 5.97 Å². The van der Waals surface area contributed by atoms with Crippen molar-refractivity contribution in [2.24, 2.45) is 0 Å². The van der Waals surface area contributed by atoms with Crippen LogP contribution in [0.3, 0.4) is 0 Å². The van der Waals surface area contributed by atoms with Crippen LogP contribution in [0, 0.1) is 12.7 Å². The number of ether oxygens (including phenoxy) is 1. The lowest BCUT2D eigenvalue weighted by Crippen LogP contribution is -2.13. The summed E-state index contributed by atoms with van der Waals surface area (Å²) in [5.41, 5.74) is 2.02. The number of rotatable bonds is 5. The molecule has 1 heterocycles. The van der Waals surface area contributed by atoms with Crippen LogP contribution in [0.5, 0.6) is 0 Å². The summed E-state index contributed by atoms with van der Waals surface area (Å²) in [6.07, 6.45) is 0. The molecule has 1 aromatic carbocycles. The second kappa shape index (κ2) is 6.63. The first-order valence-corrected chi connectivity index (χ1v) is 7.10. The maximum atomic E-state index is 13.7. The molecule has 0 spiro atoms. The molecule has 0 fully saturated rings. The zero-order valence-electron chi connectivity index (χ0n) is 11.4. The molecule has 0 atom stereocenters. The van der Waals surface area contributed by atoms with Crippen molar-refractivity contribution in [1.82, 2.24) is 5.32 Å². The third-order valence-electron chi connectivity index (χ3n) is 3.02. The zero-order chi connectivity index (χ0) is 14.5. The van der Waals surface area contributed by atoms with E-state index in [0.29, 0.717) is 6.54 Å². The maximum Gasteiger partial charge on any atom is 0.340 e. The molecule has 0 aliphatic heterocycles. The van der Waals surface area contributed by atoms with Gasteiger partial charge in [0.2, 0.25) is 0 Å². The summed E-state index contributed by atoms with van der Waals surface area (Å²) in [5, 5.41) is 5.32. The summed E-state index contributed by atoms with van der Waals surface area (Å²) in [4.78, 5) is 12.6. The molecule has 0 aliphatic rings. The Bertz CT molecular complexity index is 610. The molecular weight excluding hydrogens is 277 g/mol. The highest BCUT2D eigenvalue weighted by molar-refractivity contribution is 7.10. The number of nitrogens with one attached hydrogen (secondary N) is 1. The van der Waals surface area contributed by atoms with Gasteiger partial charge in [0.1, 0.15) is 5.82 Å². The highest BCUT2D eigenvalue weighted by Crippen LogP contribution is 2.16. The van der Waals surface area contributed by atoms with Crippen LogP contribution in [0.2, 0.25) is 0 Å². The van der Waals surface area contributed by atoms with E-state index in [1.807, 2.05) is 0 Å².